The van der Waals surface area contributed by atoms with Crippen molar-refractivity contribution in [1.29, 1.82) is 0 Å². The zero-order chi connectivity index (χ0) is 13.4. The van der Waals surface area contributed by atoms with Crippen LogP contribution in [0.3, 0.4) is 0 Å². The maximum absolute atomic E-state index is 11.8. The predicted molar refractivity (Wildman–Crippen MR) is 75.0 cm³/mol. The van der Waals surface area contributed by atoms with Crippen LogP contribution in [-0.4, -0.2) is 23.6 Å². The third-order valence-corrected chi connectivity index (χ3v) is 3.61. The molecule has 0 saturated carbocycles. The van der Waals surface area contributed by atoms with Crippen molar-refractivity contribution in [3.8, 4) is 0 Å². The summed E-state index contributed by atoms with van der Waals surface area (Å²) in [4.78, 5) is 13.5. The van der Waals surface area contributed by atoms with E-state index in [1.165, 1.54) is 10.8 Å². The molecule has 1 unspecified atom stereocenters. The van der Waals surface area contributed by atoms with Gasteiger partial charge in [0.05, 0.1) is 6.54 Å². The Morgan fingerprint density at radius 3 is 2.58 bits per heavy atom. The monoisotopic (exact) mass is 255 g/mol. The lowest BCUT2D eigenvalue weighted by Gasteiger charge is -2.16. The van der Waals surface area contributed by atoms with Gasteiger partial charge in [-0.1, -0.05) is 36.4 Å². The predicted octanol–water partition coefficient (Wildman–Crippen LogP) is 3.74. The number of amides is 1. The topological polar surface area (TPSA) is 29.5 Å². The van der Waals surface area contributed by atoms with E-state index in [0.29, 0.717) is 6.54 Å². The Morgan fingerprint density at radius 1 is 1.16 bits per heavy atom. The highest BCUT2D eigenvalue weighted by molar-refractivity contribution is 5.83. The second-order valence-corrected chi connectivity index (χ2v) is 5.23. The number of carbonyl (C=O) groups is 1. The Morgan fingerprint density at radius 2 is 1.89 bits per heavy atom. The molecule has 1 fully saturated rings. The minimum absolute atomic E-state index is 0.153. The van der Waals surface area contributed by atoms with Gasteiger partial charge >= 0.3 is 6.09 Å². The molecule has 1 aliphatic heterocycles. The van der Waals surface area contributed by atoms with Gasteiger partial charge < -0.3 is 9.64 Å². The molecule has 1 amide bonds. The molecule has 3 rings (SSSR count). The lowest BCUT2D eigenvalue weighted by Crippen LogP contribution is -2.31. The van der Waals surface area contributed by atoms with Crippen molar-refractivity contribution >= 4 is 16.9 Å². The minimum atomic E-state index is -0.215. The number of nitrogens with zero attached hydrogens (tertiary/aromatic N) is 1. The van der Waals surface area contributed by atoms with E-state index in [-0.39, 0.29) is 18.2 Å². The highest BCUT2D eigenvalue weighted by Crippen LogP contribution is 2.29. The maximum atomic E-state index is 11.8. The Kier molecular flexibility index (Phi) is 2.90. The standard InChI is InChI=1S/C16H17NO2/c1-11(2)17-10-15(19-16(17)18)14-8-7-12-5-3-4-6-13(12)9-14/h3-9,11,15H,10H2,1-2H3. The summed E-state index contributed by atoms with van der Waals surface area (Å²) in [6, 6.07) is 14.6. The van der Waals surface area contributed by atoms with Crippen LogP contribution in [-0.2, 0) is 4.74 Å². The van der Waals surface area contributed by atoms with Crippen molar-refractivity contribution in [1.82, 2.24) is 4.90 Å². The third kappa shape index (κ3) is 2.16. The fraction of sp³-hybridized carbons (Fsp3) is 0.312. The van der Waals surface area contributed by atoms with Gasteiger partial charge in [0.25, 0.3) is 0 Å². The van der Waals surface area contributed by atoms with Crippen LogP contribution < -0.4 is 0 Å². The number of cyclic esters (lactones) is 1. The molecule has 0 aromatic heterocycles. The highest BCUT2D eigenvalue weighted by atomic mass is 16.6. The summed E-state index contributed by atoms with van der Waals surface area (Å²) in [5, 5.41) is 2.38. The summed E-state index contributed by atoms with van der Waals surface area (Å²) in [6.07, 6.45) is -0.368. The van der Waals surface area contributed by atoms with E-state index in [4.69, 9.17) is 4.74 Å². The first-order valence-electron chi connectivity index (χ1n) is 6.61. The zero-order valence-electron chi connectivity index (χ0n) is 11.2. The molecule has 0 N–H and O–H groups in total. The van der Waals surface area contributed by atoms with Crippen molar-refractivity contribution in [3.63, 3.8) is 0 Å². The van der Waals surface area contributed by atoms with Crippen LogP contribution in [0.15, 0.2) is 42.5 Å². The Labute approximate surface area is 112 Å². The summed E-state index contributed by atoms with van der Waals surface area (Å²) in [5.74, 6) is 0. The van der Waals surface area contributed by atoms with E-state index in [2.05, 4.69) is 24.3 Å². The van der Waals surface area contributed by atoms with Gasteiger partial charge in [-0.05, 0) is 36.2 Å². The number of fused-ring (bicyclic) bond motifs is 1. The molecule has 19 heavy (non-hydrogen) atoms. The number of hydrogen-bond donors (Lipinski definition) is 0. The van der Waals surface area contributed by atoms with Crippen LogP contribution in [0.4, 0.5) is 4.79 Å². The van der Waals surface area contributed by atoms with Crippen LogP contribution in [0.25, 0.3) is 10.8 Å². The Bertz CT molecular complexity index is 621. The average Bonchev–Trinajstić information content (AvgIpc) is 2.80. The number of rotatable bonds is 2. The maximum Gasteiger partial charge on any atom is 0.410 e. The minimum Gasteiger partial charge on any atom is -0.439 e. The SMILES string of the molecule is CC(C)N1CC(c2ccc3ccccc3c2)OC1=O. The largest absolute Gasteiger partial charge is 0.439 e. The Hall–Kier alpha value is -2.03. The second-order valence-electron chi connectivity index (χ2n) is 5.23. The van der Waals surface area contributed by atoms with Gasteiger partial charge in [0.2, 0.25) is 0 Å². The molecule has 1 atom stereocenters. The average molecular weight is 255 g/mol. The summed E-state index contributed by atoms with van der Waals surface area (Å²) in [6.45, 7) is 4.64. The molecule has 1 aliphatic rings. The Balaban J connectivity index is 1.91. The van der Waals surface area contributed by atoms with Gasteiger partial charge in [-0.2, -0.15) is 0 Å². The molecule has 0 bridgehead atoms. The molecule has 2 aromatic rings. The van der Waals surface area contributed by atoms with E-state index in [1.54, 1.807) is 4.90 Å². The van der Waals surface area contributed by atoms with E-state index >= 15 is 0 Å². The lowest BCUT2D eigenvalue weighted by molar-refractivity contribution is 0.130. The number of carbonyl (C=O) groups excluding carboxylic acids is 1. The van der Waals surface area contributed by atoms with Crippen LogP contribution in [0.1, 0.15) is 25.5 Å². The summed E-state index contributed by atoms with van der Waals surface area (Å²) < 4.78 is 5.46. The van der Waals surface area contributed by atoms with Gasteiger partial charge in [-0.25, -0.2) is 4.79 Å². The van der Waals surface area contributed by atoms with Gasteiger partial charge in [0.1, 0.15) is 6.10 Å². The van der Waals surface area contributed by atoms with Gasteiger partial charge in [-0.3, -0.25) is 0 Å². The summed E-state index contributed by atoms with van der Waals surface area (Å²) in [5.41, 5.74) is 1.07. The zero-order valence-corrected chi connectivity index (χ0v) is 11.2. The van der Waals surface area contributed by atoms with Crippen molar-refractivity contribution in [2.24, 2.45) is 0 Å². The highest BCUT2D eigenvalue weighted by Gasteiger charge is 2.33. The smallest absolute Gasteiger partial charge is 0.410 e. The van der Waals surface area contributed by atoms with Crippen molar-refractivity contribution in [3.05, 3.63) is 48.0 Å². The summed E-state index contributed by atoms with van der Waals surface area (Å²) in [7, 11) is 0. The first-order chi connectivity index (χ1) is 9.15. The van der Waals surface area contributed by atoms with Crippen LogP contribution in [0, 0.1) is 0 Å². The molecule has 1 saturated heterocycles. The first-order valence-corrected chi connectivity index (χ1v) is 6.61. The van der Waals surface area contributed by atoms with Crippen molar-refractivity contribution < 1.29 is 9.53 Å². The van der Waals surface area contributed by atoms with Gasteiger partial charge in [-0.15, -0.1) is 0 Å². The summed E-state index contributed by atoms with van der Waals surface area (Å²) >= 11 is 0. The molecule has 3 heteroatoms. The van der Waals surface area contributed by atoms with Crippen molar-refractivity contribution in [2.75, 3.05) is 6.54 Å². The van der Waals surface area contributed by atoms with Crippen LogP contribution in [0.5, 0.6) is 0 Å². The van der Waals surface area contributed by atoms with Crippen molar-refractivity contribution in [2.45, 2.75) is 26.0 Å². The molecule has 98 valence electrons. The molecular weight excluding hydrogens is 238 g/mol. The molecule has 0 aliphatic carbocycles. The number of hydrogen-bond acceptors (Lipinski definition) is 2. The normalized spacial score (nSPS) is 19.2. The second kappa shape index (κ2) is 4.57. The number of ether oxygens (including phenoxy) is 1. The fourth-order valence-electron chi connectivity index (χ4n) is 2.48. The first kappa shape index (κ1) is 12.0. The molecule has 1 heterocycles. The van der Waals surface area contributed by atoms with Gasteiger partial charge in [0.15, 0.2) is 0 Å². The molecular formula is C16H17NO2. The quantitative estimate of drug-likeness (QED) is 0.818. The molecule has 3 nitrogen and oxygen atoms in total. The van der Waals surface area contributed by atoms with E-state index < -0.39 is 0 Å². The van der Waals surface area contributed by atoms with E-state index in [0.717, 1.165) is 5.56 Å². The lowest BCUT2D eigenvalue weighted by atomic mass is 10.0. The van der Waals surface area contributed by atoms with E-state index in [9.17, 15) is 4.79 Å². The third-order valence-electron chi connectivity index (χ3n) is 3.61. The van der Waals surface area contributed by atoms with Gasteiger partial charge in [0, 0.05) is 6.04 Å². The molecule has 0 spiro atoms. The molecule has 2 aromatic carbocycles. The molecule has 0 radical (unpaired) electrons. The van der Waals surface area contributed by atoms with Crippen LogP contribution in [0.2, 0.25) is 0 Å². The van der Waals surface area contributed by atoms with Crippen LogP contribution >= 0.6 is 0 Å². The number of benzene rings is 2. The van der Waals surface area contributed by atoms with E-state index in [1.807, 2.05) is 32.0 Å². The fourth-order valence-corrected chi connectivity index (χ4v) is 2.48.